The van der Waals surface area contributed by atoms with Crippen LogP contribution in [0.15, 0.2) is 13.2 Å². The van der Waals surface area contributed by atoms with Crippen LogP contribution in [0.3, 0.4) is 0 Å². The van der Waals surface area contributed by atoms with Crippen LogP contribution in [0.4, 0.5) is 4.79 Å². The molecular formula is C5H10N2O3. The highest BCUT2D eigenvalue weighted by Gasteiger charge is 1.60. The van der Waals surface area contributed by atoms with Gasteiger partial charge in [0, 0.05) is 0 Å². The minimum absolute atomic E-state index is 0.194. The summed E-state index contributed by atoms with van der Waals surface area (Å²) in [4.78, 5) is 26.6. The maximum Gasteiger partial charge on any atom is 0.309 e. The van der Waals surface area contributed by atoms with Crippen molar-refractivity contribution in [3.63, 3.8) is 0 Å². The smallest absolute Gasteiger partial charge is 0.309 e. The Morgan fingerprint density at radius 1 is 1.10 bits per heavy atom. The van der Waals surface area contributed by atoms with E-state index in [2.05, 4.69) is 24.6 Å². The molecule has 10 heavy (non-hydrogen) atoms. The summed E-state index contributed by atoms with van der Waals surface area (Å²) in [5, 5.41) is 0. The van der Waals surface area contributed by atoms with Crippen LogP contribution in [0.1, 0.15) is 0 Å². The summed E-state index contributed by atoms with van der Waals surface area (Å²) < 4.78 is 0. The van der Waals surface area contributed by atoms with Crippen LogP contribution in [-0.2, 0) is 9.59 Å². The van der Waals surface area contributed by atoms with Crippen LogP contribution in [0.25, 0.3) is 0 Å². The predicted octanol–water partition coefficient (Wildman–Crippen LogP) is -0.790. The Bertz CT molecular complexity index is 93.1. The van der Waals surface area contributed by atoms with Crippen molar-refractivity contribution < 1.29 is 14.4 Å². The molecule has 0 bridgehead atoms. The summed E-state index contributed by atoms with van der Waals surface area (Å²) in [6.45, 7) is 6.00. The summed E-state index contributed by atoms with van der Waals surface area (Å²) >= 11 is 0. The van der Waals surface area contributed by atoms with Gasteiger partial charge in [0.2, 0.25) is 0 Å². The van der Waals surface area contributed by atoms with E-state index in [1.54, 1.807) is 0 Å². The first-order valence-electron chi connectivity index (χ1n) is 2.09. The number of hydrogen-bond acceptors (Lipinski definition) is 3. The molecule has 2 amide bonds. The van der Waals surface area contributed by atoms with Gasteiger partial charge in [-0.1, -0.05) is 0 Å². The minimum Gasteiger partial charge on any atom is -0.352 e. The van der Waals surface area contributed by atoms with E-state index in [1.165, 1.54) is 0 Å². The molecule has 0 radical (unpaired) electrons. The standard InChI is InChI=1S/C2H2O2.C2H4.CH4N2O/c3-1-2-4;1-2;2-1(3)4/h1-2H;1-2H2;(H4,2,3,4). The first-order valence-corrected chi connectivity index (χ1v) is 2.09. The fourth-order valence-corrected chi connectivity index (χ4v) is 0. The number of aldehydes is 2. The second kappa shape index (κ2) is 26.4. The molecule has 0 aliphatic rings. The van der Waals surface area contributed by atoms with E-state index < -0.39 is 6.03 Å². The molecule has 0 aliphatic heterocycles. The van der Waals surface area contributed by atoms with Crippen molar-refractivity contribution in [1.29, 1.82) is 0 Å². The van der Waals surface area contributed by atoms with E-state index in [0.29, 0.717) is 0 Å². The van der Waals surface area contributed by atoms with Gasteiger partial charge in [-0.3, -0.25) is 9.59 Å². The SMILES string of the molecule is C=C.NC(N)=O.O=CC=O. The molecule has 4 N–H and O–H groups in total. The molecule has 0 aromatic heterocycles. The number of carbonyl (C=O) groups excluding carboxylic acids is 3. The molecule has 0 saturated heterocycles. The molecular weight excluding hydrogens is 136 g/mol. The second-order valence-electron chi connectivity index (χ2n) is 0.675. The van der Waals surface area contributed by atoms with E-state index in [9.17, 15) is 0 Å². The fourth-order valence-electron chi connectivity index (χ4n) is 0. The average molecular weight is 146 g/mol. The summed E-state index contributed by atoms with van der Waals surface area (Å²) in [5.41, 5.74) is 8.50. The number of carbonyl (C=O) groups is 3. The molecule has 0 aromatic carbocycles. The highest BCUT2D eigenvalue weighted by Crippen LogP contribution is 1.25. The molecule has 58 valence electrons. The third kappa shape index (κ3) is 430. The Morgan fingerprint density at radius 3 is 1.20 bits per heavy atom. The Hall–Kier alpha value is -1.65. The third-order valence-electron chi connectivity index (χ3n) is 0.0556. The molecule has 0 rings (SSSR count). The number of hydrogen-bond donors (Lipinski definition) is 2. The Labute approximate surface area is 58.7 Å². The topological polar surface area (TPSA) is 103 Å². The quantitative estimate of drug-likeness (QED) is 0.288. The predicted molar refractivity (Wildman–Crippen MR) is 37.2 cm³/mol. The fraction of sp³-hybridized carbons (Fsp3) is 0. The van der Waals surface area contributed by atoms with E-state index in [4.69, 9.17) is 14.4 Å². The largest absolute Gasteiger partial charge is 0.352 e. The number of amides is 2. The van der Waals surface area contributed by atoms with Crippen LogP contribution < -0.4 is 11.5 Å². The van der Waals surface area contributed by atoms with Crippen molar-refractivity contribution >= 4 is 18.6 Å². The van der Waals surface area contributed by atoms with Gasteiger partial charge >= 0.3 is 6.03 Å². The summed E-state index contributed by atoms with van der Waals surface area (Å²) in [7, 11) is 0. The van der Waals surface area contributed by atoms with Gasteiger partial charge < -0.3 is 11.5 Å². The van der Waals surface area contributed by atoms with E-state index in [1.807, 2.05) is 0 Å². The highest BCUT2D eigenvalue weighted by atomic mass is 16.2. The molecule has 0 spiro atoms. The molecule has 5 nitrogen and oxygen atoms in total. The van der Waals surface area contributed by atoms with Gasteiger partial charge in [-0.05, 0) is 0 Å². The normalized spacial score (nSPS) is 4.80. The summed E-state index contributed by atoms with van der Waals surface area (Å²) in [5.74, 6) is 0. The third-order valence-corrected chi connectivity index (χ3v) is 0.0556. The Morgan fingerprint density at radius 2 is 1.20 bits per heavy atom. The monoisotopic (exact) mass is 146 g/mol. The molecule has 0 aliphatic carbocycles. The zero-order chi connectivity index (χ0) is 8.99. The van der Waals surface area contributed by atoms with Gasteiger partial charge in [0.15, 0.2) is 12.6 Å². The van der Waals surface area contributed by atoms with E-state index in [-0.39, 0.29) is 12.6 Å². The van der Waals surface area contributed by atoms with Crippen LogP contribution in [0.5, 0.6) is 0 Å². The van der Waals surface area contributed by atoms with E-state index >= 15 is 0 Å². The number of rotatable bonds is 1. The van der Waals surface area contributed by atoms with Crippen LogP contribution >= 0.6 is 0 Å². The molecule has 0 heterocycles. The van der Waals surface area contributed by atoms with Crippen LogP contribution in [0, 0.1) is 0 Å². The Kier molecular flexibility index (Phi) is 41.6. The lowest BCUT2D eigenvalue weighted by Crippen LogP contribution is -2.18. The second-order valence-corrected chi connectivity index (χ2v) is 0.675. The van der Waals surface area contributed by atoms with Gasteiger partial charge in [-0.2, -0.15) is 0 Å². The van der Waals surface area contributed by atoms with E-state index in [0.717, 1.165) is 0 Å². The zero-order valence-corrected chi connectivity index (χ0v) is 5.45. The first kappa shape index (κ1) is 15.8. The number of nitrogens with two attached hydrogens (primary N) is 2. The van der Waals surface area contributed by atoms with Crippen LogP contribution in [0.2, 0.25) is 0 Å². The molecule has 5 heteroatoms. The van der Waals surface area contributed by atoms with Crippen molar-refractivity contribution in [2.45, 2.75) is 0 Å². The number of primary amides is 2. The summed E-state index contributed by atoms with van der Waals surface area (Å²) in [6, 6.07) is -0.833. The molecule has 0 saturated carbocycles. The highest BCUT2D eigenvalue weighted by molar-refractivity contribution is 6.09. The van der Waals surface area contributed by atoms with Crippen molar-refractivity contribution in [3.8, 4) is 0 Å². The van der Waals surface area contributed by atoms with Gasteiger partial charge in [0.1, 0.15) is 0 Å². The van der Waals surface area contributed by atoms with Crippen molar-refractivity contribution in [2.75, 3.05) is 0 Å². The minimum atomic E-state index is -0.833. The van der Waals surface area contributed by atoms with Gasteiger partial charge in [0.25, 0.3) is 0 Å². The average Bonchev–Trinajstić information content (AvgIpc) is 1.91. The molecule has 0 unspecified atom stereocenters. The van der Waals surface area contributed by atoms with Gasteiger partial charge in [0.05, 0.1) is 0 Å². The number of urea groups is 1. The maximum atomic E-state index is 9.00. The molecule has 0 atom stereocenters. The van der Waals surface area contributed by atoms with Gasteiger partial charge in [-0.15, -0.1) is 13.2 Å². The molecule has 0 fully saturated rings. The lowest BCUT2D eigenvalue weighted by Gasteiger charge is -1.62. The van der Waals surface area contributed by atoms with Gasteiger partial charge in [-0.25, -0.2) is 4.79 Å². The van der Waals surface area contributed by atoms with Crippen molar-refractivity contribution in [3.05, 3.63) is 13.2 Å². The lowest BCUT2D eigenvalue weighted by molar-refractivity contribution is -0.122. The first-order chi connectivity index (χ1) is 4.65. The maximum absolute atomic E-state index is 9.00. The lowest BCUT2D eigenvalue weighted by atomic mass is 10.9. The van der Waals surface area contributed by atoms with Crippen LogP contribution in [-0.4, -0.2) is 18.6 Å². The zero-order valence-electron chi connectivity index (χ0n) is 5.45. The van der Waals surface area contributed by atoms with Crippen molar-refractivity contribution in [1.82, 2.24) is 0 Å². The summed E-state index contributed by atoms with van der Waals surface area (Å²) in [6.07, 6.45) is 0.389. The Balaban J connectivity index is -0.0000000787. The molecule has 0 aromatic rings. The van der Waals surface area contributed by atoms with Crippen molar-refractivity contribution in [2.24, 2.45) is 11.5 Å².